The summed E-state index contributed by atoms with van der Waals surface area (Å²) in [7, 11) is 1.66. The number of amides is 1. The molecule has 1 aromatic heterocycles. The summed E-state index contributed by atoms with van der Waals surface area (Å²) in [6.45, 7) is 5.39. The van der Waals surface area contributed by atoms with Gasteiger partial charge in [0.2, 0.25) is 0 Å². The summed E-state index contributed by atoms with van der Waals surface area (Å²) in [6.07, 6.45) is 2.52. The number of nitrogens with zero attached hydrogens (tertiary/aromatic N) is 1. The molecular weight excluding hydrogens is 290 g/mol. The third-order valence-electron chi connectivity index (χ3n) is 3.61. The van der Waals surface area contributed by atoms with Crippen LogP contribution < -0.4 is 10.6 Å². The molecule has 0 saturated carbocycles. The van der Waals surface area contributed by atoms with Gasteiger partial charge in [0.05, 0.1) is 18.5 Å². The highest BCUT2D eigenvalue weighted by Crippen LogP contribution is 2.21. The second-order valence-electron chi connectivity index (χ2n) is 5.27. The third-order valence-corrected chi connectivity index (χ3v) is 3.61. The van der Waals surface area contributed by atoms with Crippen LogP contribution in [0.3, 0.4) is 0 Å². The van der Waals surface area contributed by atoms with Crippen molar-refractivity contribution < 1.29 is 9.53 Å². The van der Waals surface area contributed by atoms with Gasteiger partial charge in [-0.05, 0) is 36.6 Å². The van der Waals surface area contributed by atoms with Gasteiger partial charge in [0.15, 0.2) is 0 Å². The summed E-state index contributed by atoms with van der Waals surface area (Å²) in [5, 5.41) is 6.15. The topological polar surface area (TPSA) is 63.2 Å². The number of rotatable bonds is 7. The molecule has 23 heavy (non-hydrogen) atoms. The van der Waals surface area contributed by atoms with Gasteiger partial charge in [-0.1, -0.05) is 25.1 Å². The SMILES string of the molecule is CCc1cccc(C)c1NC(=O)c1ccc(NCCOC)cn1. The van der Waals surface area contributed by atoms with Crippen molar-refractivity contribution in [2.75, 3.05) is 30.9 Å². The maximum Gasteiger partial charge on any atom is 0.274 e. The first-order valence-electron chi connectivity index (χ1n) is 7.74. The zero-order valence-corrected chi connectivity index (χ0v) is 13.8. The third kappa shape index (κ3) is 4.53. The fourth-order valence-corrected chi connectivity index (χ4v) is 2.31. The number of aryl methyl sites for hydroxylation is 2. The largest absolute Gasteiger partial charge is 0.383 e. The Labute approximate surface area is 137 Å². The van der Waals surface area contributed by atoms with E-state index in [9.17, 15) is 4.79 Å². The number of aromatic nitrogens is 1. The number of para-hydroxylation sites is 1. The molecule has 0 atom stereocenters. The van der Waals surface area contributed by atoms with E-state index in [1.807, 2.05) is 31.2 Å². The number of benzene rings is 1. The highest BCUT2D eigenvalue weighted by molar-refractivity contribution is 6.03. The second-order valence-corrected chi connectivity index (χ2v) is 5.27. The molecule has 5 nitrogen and oxygen atoms in total. The zero-order valence-electron chi connectivity index (χ0n) is 13.8. The molecule has 2 aromatic rings. The van der Waals surface area contributed by atoms with Gasteiger partial charge in [0, 0.05) is 19.3 Å². The number of carbonyl (C=O) groups is 1. The molecule has 5 heteroatoms. The summed E-state index contributed by atoms with van der Waals surface area (Å²) in [5.41, 5.74) is 4.31. The molecule has 0 radical (unpaired) electrons. The summed E-state index contributed by atoms with van der Waals surface area (Å²) in [4.78, 5) is 16.6. The van der Waals surface area contributed by atoms with E-state index in [-0.39, 0.29) is 5.91 Å². The van der Waals surface area contributed by atoms with E-state index in [1.54, 1.807) is 19.4 Å². The molecule has 0 spiro atoms. The fraction of sp³-hybridized carbons (Fsp3) is 0.333. The lowest BCUT2D eigenvalue weighted by Crippen LogP contribution is -2.16. The van der Waals surface area contributed by atoms with Gasteiger partial charge in [0.1, 0.15) is 5.69 Å². The van der Waals surface area contributed by atoms with E-state index < -0.39 is 0 Å². The van der Waals surface area contributed by atoms with E-state index in [0.29, 0.717) is 18.8 Å². The first kappa shape index (κ1) is 17.0. The predicted octanol–water partition coefficient (Wildman–Crippen LogP) is 3.26. The second kappa shape index (κ2) is 8.29. The molecule has 2 rings (SSSR count). The van der Waals surface area contributed by atoms with Crippen molar-refractivity contribution in [2.45, 2.75) is 20.3 Å². The molecule has 2 N–H and O–H groups in total. The Bertz CT molecular complexity index is 654. The maximum absolute atomic E-state index is 12.4. The van der Waals surface area contributed by atoms with Gasteiger partial charge < -0.3 is 15.4 Å². The Hall–Kier alpha value is -2.40. The van der Waals surface area contributed by atoms with Gasteiger partial charge in [-0.3, -0.25) is 4.79 Å². The van der Waals surface area contributed by atoms with Crippen LogP contribution in [0.2, 0.25) is 0 Å². The van der Waals surface area contributed by atoms with Crippen molar-refractivity contribution in [3.05, 3.63) is 53.3 Å². The highest BCUT2D eigenvalue weighted by Gasteiger charge is 2.11. The van der Waals surface area contributed by atoms with E-state index in [0.717, 1.165) is 28.9 Å². The van der Waals surface area contributed by atoms with Crippen molar-refractivity contribution in [3.63, 3.8) is 0 Å². The number of carbonyl (C=O) groups excluding carboxylic acids is 1. The van der Waals surface area contributed by atoms with E-state index in [2.05, 4.69) is 22.5 Å². The molecule has 122 valence electrons. The Morgan fingerprint density at radius 1 is 1.26 bits per heavy atom. The minimum atomic E-state index is -0.197. The van der Waals surface area contributed by atoms with Crippen LogP contribution in [0.1, 0.15) is 28.5 Å². The van der Waals surface area contributed by atoms with Crippen LogP contribution in [0.25, 0.3) is 0 Å². The van der Waals surface area contributed by atoms with E-state index in [1.165, 1.54) is 0 Å². The minimum Gasteiger partial charge on any atom is -0.383 e. The number of pyridine rings is 1. The normalized spacial score (nSPS) is 10.4. The average Bonchev–Trinajstić information content (AvgIpc) is 2.57. The fourth-order valence-electron chi connectivity index (χ4n) is 2.31. The molecule has 0 saturated heterocycles. The van der Waals surface area contributed by atoms with Gasteiger partial charge in [-0.2, -0.15) is 0 Å². The van der Waals surface area contributed by atoms with Crippen molar-refractivity contribution in [1.82, 2.24) is 4.98 Å². The Morgan fingerprint density at radius 2 is 2.09 bits per heavy atom. The lowest BCUT2D eigenvalue weighted by atomic mass is 10.1. The molecule has 0 unspecified atom stereocenters. The lowest BCUT2D eigenvalue weighted by molar-refractivity contribution is 0.102. The Kier molecular flexibility index (Phi) is 6.11. The van der Waals surface area contributed by atoms with Crippen LogP contribution in [-0.2, 0) is 11.2 Å². The molecule has 0 fully saturated rings. The first-order chi connectivity index (χ1) is 11.2. The van der Waals surface area contributed by atoms with Crippen molar-refractivity contribution in [1.29, 1.82) is 0 Å². The van der Waals surface area contributed by atoms with E-state index in [4.69, 9.17) is 4.74 Å². The average molecular weight is 313 g/mol. The summed E-state index contributed by atoms with van der Waals surface area (Å²) >= 11 is 0. The number of nitrogens with one attached hydrogen (secondary N) is 2. The standard InChI is InChI=1S/C18H23N3O2/c1-4-14-7-5-6-13(2)17(14)21-18(22)16-9-8-15(12-20-16)19-10-11-23-3/h5-9,12,19H,4,10-11H2,1-3H3,(H,21,22). The van der Waals surface area contributed by atoms with Gasteiger partial charge >= 0.3 is 0 Å². The molecule has 0 bridgehead atoms. The van der Waals surface area contributed by atoms with Gasteiger partial charge in [-0.15, -0.1) is 0 Å². The van der Waals surface area contributed by atoms with Crippen molar-refractivity contribution in [3.8, 4) is 0 Å². The monoisotopic (exact) mass is 313 g/mol. The van der Waals surface area contributed by atoms with Crippen LogP contribution in [0.4, 0.5) is 11.4 Å². The molecule has 0 aliphatic carbocycles. The number of hydrogen-bond acceptors (Lipinski definition) is 4. The molecule has 0 aliphatic heterocycles. The van der Waals surface area contributed by atoms with Crippen LogP contribution in [0.15, 0.2) is 36.5 Å². The van der Waals surface area contributed by atoms with Gasteiger partial charge in [0.25, 0.3) is 5.91 Å². The molecule has 1 amide bonds. The molecule has 1 heterocycles. The number of ether oxygens (including phenoxy) is 1. The van der Waals surface area contributed by atoms with Crippen LogP contribution in [-0.4, -0.2) is 31.2 Å². The zero-order chi connectivity index (χ0) is 16.7. The van der Waals surface area contributed by atoms with Gasteiger partial charge in [-0.25, -0.2) is 4.98 Å². The maximum atomic E-state index is 12.4. The van der Waals surface area contributed by atoms with Crippen LogP contribution in [0.5, 0.6) is 0 Å². The van der Waals surface area contributed by atoms with Crippen molar-refractivity contribution in [2.24, 2.45) is 0 Å². The minimum absolute atomic E-state index is 0.197. The number of methoxy groups -OCH3 is 1. The molecule has 0 aliphatic rings. The molecular formula is C18H23N3O2. The predicted molar refractivity (Wildman–Crippen MR) is 93.1 cm³/mol. The van der Waals surface area contributed by atoms with Crippen LogP contribution in [0, 0.1) is 6.92 Å². The first-order valence-corrected chi connectivity index (χ1v) is 7.74. The molecule has 1 aromatic carbocycles. The lowest BCUT2D eigenvalue weighted by Gasteiger charge is -2.13. The van der Waals surface area contributed by atoms with Crippen LogP contribution >= 0.6 is 0 Å². The summed E-state index contributed by atoms with van der Waals surface area (Å²) < 4.78 is 4.98. The quantitative estimate of drug-likeness (QED) is 0.770. The Morgan fingerprint density at radius 3 is 2.74 bits per heavy atom. The summed E-state index contributed by atoms with van der Waals surface area (Å²) in [5.74, 6) is -0.197. The number of hydrogen-bond donors (Lipinski definition) is 2. The summed E-state index contributed by atoms with van der Waals surface area (Å²) in [6, 6.07) is 9.58. The number of anilines is 2. The smallest absolute Gasteiger partial charge is 0.274 e. The Balaban J connectivity index is 2.06. The van der Waals surface area contributed by atoms with Crippen molar-refractivity contribution >= 4 is 17.3 Å². The van der Waals surface area contributed by atoms with E-state index >= 15 is 0 Å². The highest BCUT2D eigenvalue weighted by atomic mass is 16.5.